The molecular weight excluding hydrogens is 408 g/mol. The number of allylic oxidation sites excluding steroid dienone is 3. The van der Waals surface area contributed by atoms with E-state index in [2.05, 4.69) is 63.9 Å². The van der Waals surface area contributed by atoms with E-state index in [0.29, 0.717) is 5.56 Å². The summed E-state index contributed by atoms with van der Waals surface area (Å²) in [4.78, 5) is 18.9. The fourth-order valence-corrected chi connectivity index (χ4v) is 5.44. The summed E-state index contributed by atoms with van der Waals surface area (Å²) in [5, 5.41) is 9.37. The number of anilines is 1. The van der Waals surface area contributed by atoms with Crippen LogP contribution in [-0.4, -0.2) is 23.8 Å². The third-order valence-electron chi connectivity index (χ3n) is 7.72. The standard InChI is InChI=1S/C29H32N2O2/c1-28(2)14-15-29(3,4)22-17-25-20(16-21(22)28)26(18-10-12-19(13-11-18)27(32)33)30-23-8-6-7-9-24(23)31(25)5/h7,9-13,16-17H,6,8,14-15H2,1-5H3,(H,32,33). The highest BCUT2D eigenvalue weighted by Crippen LogP contribution is 2.49. The third kappa shape index (κ3) is 3.52. The van der Waals surface area contributed by atoms with Crippen molar-refractivity contribution >= 4 is 17.4 Å². The van der Waals surface area contributed by atoms with Crippen molar-refractivity contribution in [2.45, 2.75) is 64.2 Å². The van der Waals surface area contributed by atoms with Gasteiger partial charge in [-0.3, -0.25) is 0 Å². The average molecular weight is 441 g/mol. The van der Waals surface area contributed by atoms with E-state index in [4.69, 9.17) is 4.99 Å². The monoisotopic (exact) mass is 440 g/mol. The summed E-state index contributed by atoms with van der Waals surface area (Å²) in [5.41, 5.74) is 9.72. The second-order valence-corrected chi connectivity index (χ2v) is 10.9. The first-order chi connectivity index (χ1) is 15.6. The molecule has 5 rings (SSSR count). The quantitative estimate of drug-likeness (QED) is 0.574. The summed E-state index contributed by atoms with van der Waals surface area (Å²) in [6, 6.07) is 11.9. The molecule has 1 aliphatic heterocycles. The first-order valence-electron chi connectivity index (χ1n) is 11.8. The number of fused-ring (bicyclic) bond motifs is 2. The Hall–Kier alpha value is -3.14. The van der Waals surface area contributed by atoms with Crippen LogP contribution in [-0.2, 0) is 10.8 Å². The molecule has 4 heteroatoms. The maximum atomic E-state index is 11.4. The fraction of sp³-hybridized carbons (Fsp3) is 0.379. The third-order valence-corrected chi connectivity index (χ3v) is 7.72. The van der Waals surface area contributed by atoms with Gasteiger partial charge in [-0.2, -0.15) is 0 Å². The van der Waals surface area contributed by atoms with Crippen LogP contribution < -0.4 is 4.90 Å². The molecule has 0 saturated carbocycles. The van der Waals surface area contributed by atoms with E-state index in [1.807, 2.05) is 12.1 Å². The molecule has 1 heterocycles. The number of nitrogens with zero attached hydrogens (tertiary/aromatic N) is 2. The fourth-order valence-electron chi connectivity index (χ4n) is 5.44. The van der Waals surface area contributed by atoms with Crippen LogP contribution >= 0.6 is 0 Å². The summed E-state index contributed by atoms with van der Waals surface area (Å²) < 4.78 is 0. The van der Waals surface area contributed by atoms with Gasteiger partial charge in [0.25, 0.3) is 0 Å². The zero-order chi connectivity index (χ0) is 23.5. The van der Waals surface area contributed by atoms with Crippen molar-refractivity contribution < 1.29 is 9.90 Å². The lowest BCUT2D eigenvalue weighted by atomic mass is 9.62. The summed E-state index contributed by atoms with van der Waals surface area (Å²) in [6.07, 6.45) is 8.62. The van der Waals surface area contributed by atoms with Gasteiger partial charge in [0.1, 0.15) is 0 Å². The molecule has 0 atom stereocenters. The maximum Gasteiger partial charge on any atom is 0.335 e. The second-order valence-electron chi connectivity index (χ2n) is 10.9. The summed E-state index contributed by atoms with van der Waals surface area (Å²) in [7, 11) is 2.14. The topological polar surface area (TPSA) is 52.9 Å². The highest BCUT2D eigenvalue weighted by atomic mass is 16.4. The molecule has 33 heavy (non-hydrogen) atoms. The number of carboxylic acid groups (broad SMARTS) is 1. The smallest absolute Gasteiger partial charge is 0.335 e. The number of likely N-dealkylation sites (N-methyl/N-ethyl adjacent to an activating group) is 1. The molecule has 0 radical (unpaired) electrons. The molecule has 0 unspecified atom stereocenters. The van der Waals surface area contributed by atoms with Gasteiger partial charge in [0, 0.05) is 18.2 Å². The second kappa shape index (κ2) is 7.44. The molecule has 0 fully saturated rings. The van der Waals surface area contributed by atoms with Crippen LogP contribution in [0, 0.1) is 0 Å². The lowest BCUT2D eigenvalue weighted by Gasteiger charge is -2.43. The van der Waals surface area contributed by atoms with Gasteiger partial charge in [0.15, 0.2) is 0 Å². The normalized spacial score (nSPS) is 20.4. The molecule has 0 spiro atoms. The van der Waals surface area contributed by atoms with Crippen molar-refractivity contribution in [1.82, 2.24) is 0 Å². The molecule has 3 aliphatic rings. The van der Waals surface area contributed by atoms with E-state index in [1.54, 1.807) is 12.1 Å². The minimum Gasteiger partial charge on any atom is -0.478 e. The number of carbonyl (C=O) groups is 1. The zero-order valence-electron chi connectivity index (χ0n) is 20.2. The van der Waals surface area contributed by atoms with Crippen LogP contribution in [0.1, 0.15) is 86.0 Å². The Morgan fingerprint density at radius 3 is 2.27 bits per heavy atom. The van der Waals surface area contributed by atoms with E-state index >= 15 is 0 Å². The SMILES string of the molecule is CN1C2=C(CCC=C2)N=C(c2ccc(C(=O)O)cc2)c2cc3c(cc21)C(C)(C)CCC3(C)C. The van der Waals surface area contributed by atoms with Gasteiger partial charge >= 0.3 is 5.97 Å². The molecule has 2 aliphatic carbocycles. The number of aliphatic imine (C=N–C) groups is 1. The maximum absolute atomic E-state index is 11.4. The van der Waals surface area contributed by atoms with Gasteiger partial charge in [0.2, 0.25) is 0 Å². The minimum absolute atomic E-state index is 0.0932. The molecular formula is C29H32N2O2. The predicted octanol–water partition coefficient (Wildman–Crippen LogP) is 6.58. The van der Waals surface area contributed by atoms with E-state index in [1.165, 1.54) is 17.5 Å². The van der Waals surface area contributed by atoms with Crippen molar-refractivity contribution in [1.29, 1.82) is 0 Å². The number of benzene rings is 2. The van der Waals surface area contributed by atoms with E-state index in [-0.39, 0.29) is 10.8 Å². The van der Waals surface area contributed by atoms with Crippen LogP contribution in [0.5, 0.6) is 0 Å². The Kier molecular flexibility index (Phi) is 4.89. The number of rotatable bonds is 2. The summed E-state index contributed by atoms with van der Waals surface area (Å²) in [6.45, 7) is 9.40. The average Bonchev–Trinajstić information content (AvgIpc) is 2.91. The molecule has 4 nitrogen and oxygen atoms in total. The molecule has 0 bridgehead atoms. The van der Waals surface area contributed by atoms with E-state index in [0.717, 1.165) is 53.2 Å². The van der Waals surface area contributed by atoms with Gasteiger partial charge in [-0.15, -0.1) is 0 Å². The molecule has 0 amide bonds. The molecule has 0 saturated heterocycles. The van der Waals surface area contributed by atoms with Crippen molar-refractivity contribution in [3.05, 3.63) is 87.8 Å². The van der Waals surface area contributed by atoms with Crippen molar-refractivity contribution in [3.63, 3.8) is 0 Å². The minimum atomic E-state index is -0.912. The number of hydrogen-bond donors (Lipinski definition) is 1. The Morgan fingerprint density at radius 2 is 1.64 bits per heavy atom. The van der Waals surface area contributed by atoms with Crippen molar-refractivity contribution in [2.75, 3.05) is 11.9 Å². The Balaban J connectivity index is 1.79. The van der Waals surface area contributed by atoms with Crippen LogP contribution in [0.15, 0.2) is 64.9 Å². The largest absolute Gasteiger partial charge is 0.478 e. The van der Waals surface area contributed by atoms with Crippen molar-refractivity contribution in [3.8, 4) is 0 Å². The summed E-state index contributed by atoms with van der Waals surface area (Å²) in [5.74, 6) is -0.912. The molecule has 0 aromatic heterocycles. The molecule has 1 N–H and O–H groups in total. The van der Waals surface area contributed by atoms with Crippen LogP contribution in [0.3, 0.4) is 0 Å². The predicted molar refractivity (Wildman–Crippen MR) is 135 cm³/mol. The van der Waals surface area contributed by atoms with Crippen LogP contribution in [0.2, 0.25) is 0 Å². The lowest BCUT2D eigenvalue weighted by Crippen LogP contribution is -2.34. The number of carboxylic acids is 1. The Bertz CT molecular complexity index is 1240. The van der Waals surface area contributed by atoms with Gasteiger partial charge < -0.3 is 10.0 Å². The lowest BCUT2D eigenvalue weighted by molar-refractivity contribution is 0.0697. The Labute approximate surface area is 196 Å². The highest BCUT2D eigenvalue weighted by Gasteiger charge is 2.39. The Morgan fingerprint density at radius 1 is 1.00 bits per heavy atom. The highest BCUT2D eigenvalue weighted by molar-refractivity contribution is 6.17. The van der Waals surface area contributed by atoms with Crippen molar-refractivity contribution in [2.24, 2.45) is 4.99 Å². The van der Waals surface area contributed by atoms with Crippen LogP contribution in [0.4, 0.5) is 5.69 Å². The van der Waals surface area contributed by atoms with Gasteiger partial charge in [-0.25, -0.2) is 9.79 Å². The van der Waals surface area contributed by atoms with Gasteiger partial charge in [0.05, 0.1) is 28.4 Å². The molecule has 170 valence electrons. The first kappa shape index (κ1) is 21.7. The van der Waals surface area contributed by atoms with E-state index < -0.39 is 5.97 Å². The number of hydrogen-bond acceptors (Lipinski definition) is 3. The summed E-state index contributed by atoms with van der Waals surface area (Å²) >= 11 is 0. The molecule has 2 aromatic rings. The van der Waals surface area contributed by atoms with Gasteiger partial charge in [-0.05, 0) is 78.0 Å². The first-order valence-corrected chi connectivity index (χ1v) is 11.8. The van der Waals surface area contributed by atoms with Crippen LogP contribution in [0.25, 0.3) is 0 Å². The van der Waals surface area contributed by atoms with Gasteiger partial charge in [-0.1, -0.05) is 45.9 Å². The number of aromatic carboxylic acids is 1. The molecule has 2 aromatic carbocycles. The zero-order valence-corrected chi connectivity index (χ0v) is 20.2. The van der Waals surface area contributed by atoms with E-state index in [9.17, 15) is 9.90 Å².